The molecule has 2 fully saturated rings. The molecule has 2 saturated heterocycles. The van der Waals surface area contributed by atoms with Crippen LogP contribution >= 0.6 is 24.0 Å². The van der Waals surface area contributed by atoms with Crippen molar-refractivity contribution in [2.45, 2.75) is 57.5 Å². The van der Waals surface area contributed by atoms with Crippen LogP contribution in [0.15, 0.2) is 4.99 Å². The Morgan fingerprint density at radius 2 is 1.55 bits per heavy atom. The Hall–Kier alpha value is -0.290. The monoisotopic (exact) mass is 533 g/mol. The van der Waals surface area contributed by atoms with Gasteiger partial charge in [0.2, 0.25) is 0 Å². The highest BCUT2D eigenvalue weighted by Crippen LogP contribution is 2.23. The highest BCUT2D eigenvalue weighted by Gasteiger charge is 2.32. The van der Waals surface area contributed by atoms with E-state index in [1.54, 1.807) is 7.05 Å². The Bertz CT molecular complexity index is 446. The second kappa shape index (κ2) is 14.7. The van der Waals surface area contributed by atoms with Gasteiger partial charge in [0.15, 0.2) is 5.96 Å². The van der Waals surface area contributed by atoms with E-state index >= 15 is 0 Å². The number of hydrogen-bond acceptors (Lipinski definition) is 3. The van der Waals surface area contributed by atoms with Crippen molar-refractivity contribution in [3.63, 3.8) is 0 Å². The third kappa shape index (κ3) is 12.2. The van der Waals surface area contributed by atoms with Gasteiger partial charge in [-0.25, -0.2) is 0 Å². The molecule has 2 rings (SSSR count). The van der Waals surface area contributed by atoms with Crippen LogP contribution in [0, 0.1) is 5.92 Å². The lowest BCUT2D eigenvalue weighted by atomic mass is 9.93. The summed E-state index contributed by atoms with van der Waals surface area (Å²) in [5, 5.41) is 6.72. The molecule has 0 spiro atoms. The van der Waals surface area contributed by atoms with E-state index in [0.29, 0.717) is 19.0 Å². The van der Waals surface area contributed by atoms with Crippen molar-refractivity contribution in [3.8, 4) is 0 Å². The van der Waals surface area contributed by atoms with Crippen LogP contribution in [0.5, 0.6) is 0 Å². The van der Waals surface area contributed by atoms with E-state index in [9.17, 15) is 13.2 Å². The lowest BCUT2D eigenvalue weighted by Gasteiger charge is -2.32. The Labute approximate surface area is 191 Å². The van der Waals surface area contributed by atoms with E-state index in [-0.39, 0.29) is 24.0 Å². The molecule has 2 heterocycles. The number of rotatable bonds is 8. The summed E-state index contributed by atoms with van der Waals surface area (Å²) in [6.07, 6.45) is 5.09. The predicted molar refractivity (Wildman–Crippen MR) is 124 cm³/mol. The zero-order valence-electron chi connectivity index (χ0n) is 17.8. The summed E-state index contributed by atoms with van der Waals surface area (Å²) in [5.74, 6) is 1.32. The van der Waals surface area contributed by atoms with Crippen molar-refractivity contribution in [1.82, 2.24) is 20.4 Å². The number of hydrogen-bond donors (Lipinski definition) is 2. The Morgan fingerprint density at radius 3 is 2.14 bits per heavy atom. The maximum atomic E-state index is 12.4. The molecule has 0 aromatic carbocycles. The van der Waals surface area contributed by atoms with Gasteiger partial charge in [-0.2, -0.15) is 13.2 Å². The zero-order valence-corrected chi connectivity index (χ0v) is 20.1. The third-order valence-corrected chi connectivity index (χ3v) is 5.82. The van der Waals surface area contributed by atoms with Crippen molar-refractivity contribution < 1.29 is 13.2 Å². The average Bonchev–Trinajstić information content (AvgIpc) is 2.92. The third-order valence-electron chi connectivity index (χ3n) is 5.82. The molecule has 2 N–H and O–H groups in total. The summed E-state index contributed by atoms with van der Waals surface area (Å²) in [5.41, 5.74) is 0. The summed E-state index contributed by atoms with van der Waals surface area (Å²) in [7, 11) is 1.78. The van der Waals surface area contributed by atoms with Crippen LogP contribution in [0.3, 0.4) is 0 Å². The summed E-state index contributed by atoms with van der Waals surface area (Å²) in [4.78, 5) is 8.36. The molecular weight excluding hydrogens is 494 g/mol. The zero-order chi connectivity index (χ0) is 20.2. The molecule has 0 bridgehead atoms. The number of nitrogens with one attached hydrogen (secondary N) is 2. The van der Waals surface area contributed by atoms with Gasteiger partial charge in [0.25, 0.3) is 0 Å². The van der Waals surface area contributed by atoms with Gasteiger partial charge >= 0.3 is 6.18 Å². The van der Waals surface area contributed by atoms with E-state index in [1.165, 1.54) is 43.7 Å². The number of aliphatic imine (C=N–C) groups is 1. The molecule has 0 saturated carbocycles. The Morgan fingerprint density at radius 1 is 0.931 bits per heavy atom. The minimum atomic E-state index is -4.08. The number of piperidine rings is 1. The fourth-order valence-electron chi connectivity index (χ4n) is 4.17. The molecule has 0 aliphatic carbocycles. The summed E-state index contributed by atoms with van der Waals surface area (Å²) in [6.45, 7) is 5.65. The first-order valence-corrected chi connectivity index (χ1v) is 10.9. The standard InChI is InChI=1S/C20H38F3N5.HI/c1-24-19(25-10-6-14-27-12-4-2-3-5-13-27)26-11-7-18-8-15-28(16-9-18)17-20(21,22)23;/h18H,2-17H2,1H3,(H2,24,25,26);1H. The fourth-order valence-corrected chi connectivity index (χ4v) is 4.17. The second-order valence-electron chi connectivity index (χ2n) is 8.16. The summed E-state index contributed by atoms with van der Waals surface area (Å²) < 4.78 is 37.3. The molecule has 0 aromatic heterocycles. The first-order valence-electron chi connectivity index (χ1n) is 10.9. The lowest BCUT2D eigenvalue weighted by molar-refractivity contribution is -0.148. The van der Waals surface area contributed by atoms with Crippen molar-refractivity contribution in [1.29, 1.82) is 0 Å². The summed E-state index contributed by atoms with van der Waals surface area (Å²) in [6, 6.07) is 0. The highest BCUT2D eigenvalue weighted by atomic mass is 127. The normalized spacial score (nSPS) is 20.8. The minimum absolute atomic E-state index is 0. The first kappa shape index (κ1) is 26.7. The quantitative estimate of drug-likeness (QED) is 0.216. The molecule has 2 aliphatic rings. The van der Waals surface area contributed by atoms with E-state index < -0.39 is 12.7 Å². The SMILES string of the molecule is CN=C(NCCCN1CCCCCC1)NCCC1CCN(CC(F)(F)F)CC1.I. The van der Waals surface area contributed by atoms with E-state index in [1.807, 2.05) is 0 Å². The van der Waals surface area contributed by atoms with Crippen molar-refractivity contribution in [3.05, 3.63) is 0 Å². The molecule has 9 heteroatoms. The molecule has 0 aromatic rings. The first-order chi connectivity index (χ1) is 13.5. The van der Waals surface area contributed by atoms with Crippen molar-refractivity contribution >= 4 is 29.9 Å². The molecule has 0 atom stereocenters. The topological polar surface area (TPSA) is 42.9 Å². The number of alkyl halides is 3. The van der Waals surface area contributed by atoms with Gasteiger partial charge in [0.1, 0.15) is 0 Å². The van der Waals surface area contributed by atoms with Gasteiger partial charge in [-0.1, -0.05) is 12.8 Å². The van der Waals surface area contributed by atoms with Gasteiger partial charge in [-0.15, -0.1) is 24.0 Å². The van der Waals surface area contributed by atoms with Gasteiger partial charge in [-0.05, 0) is 77.2 Å². The summed E-state index contributed by atoms with van der Waals surface area (Å²) >= 11 is 0. The van der Waals surface area contributed by atoms with Crippen molar-refractivity contribution in [2.24, 2.45) is 10.9 Å². The number of likely N-dealkylation sites (tertiary alicyclic amines) is 2. The molecule has 29 heavy (non-hydrogen) atoms. The second-order valence-corrected chi connectivity index (χ2v) is 8.16. The molecule has 172 valence electrons. The molecule has 5 nitrogen and oxygen atoms in total. The van der Waals surface area contributed by atoms with Gasteiger partial charge < -0.3 is 15.5 Å². The fraction of sp³-hybridized carbons (Fsp3) is 0.950. The predicted octanol–water partition coefficient (Wildman–Crippen LogP) is 3.70. The number of halogens is 4. The minimum Gasteiger partial charge on any atom is -0.356 e. The molecule has 2 aliphatic heterocycles. The van der Waals surface area contributed by atoms with Crippen LogP contribution in [-0.2, 0) is 0 Å². The van der Waals surface area contributed by atoms with Crippen LogP contribution in [0.2, 0.25) is 0 Å². The van der Waals surface area contributed by atoms with Crippen LogP contribution in [0.4, 0.5) is 13.2 Å². The molecule has 0 unspecified atom stereocenters. The van der Waals surface area contributed by atoms with E-state index in [2.05, 4.69) is 20.5 Å². The van der Waals surface area contributed by atoms with Crippen molar-refractivity contribution in [2.75, 3.05) is 59.4 Å². The molecular formula is C20H39F3IN5. The van der Waals surface area contributed by atoms with Crippen LogP contribution in [-0.4, -0.2) is 81.3 Å². The Kier molecular flexibility index (Phi) is 13.5. The van der Waals surface area contributed by atoms with Gasteiger partial charge in [0.05, 0.1) is 6.54 Å². The molecule has 0 radical (unpaired) electrons. The van der Waals surface area contributed by atoms with E-state index in [0.717, 1.165) is 51.3 Å². The van der Waals surface area contributed by atoms with Crippen LogP contribution in [0.1, 0.15) is 51.4 Å². The number of guanidine groups is 1. The van der Waals surface area contributed by atoms with Gasteiger partial charge in [0, 0.05) is 20.1 Å². The van der Waals surface area contributed by atoms with Gasteiger partial charge in [-0.3, -0.25) is 9.89 Å². The maximum Gasteiger partial charge on any atom is 0.401 e. The van der Waals surface area contributed by atoms with Crippen LogP contribution < -0.4 is 10.6 Å². The van der Waals surface area contributed by atoms with E-state index in [4.69, 9.17) is 0 Å². The largest absolute Gasteiger partial charge is 0.401 e. The lowest BCUT2D eigenvalue weighted by Crippen LogP contribution is -2.42. The average molecular weight is 533 g/mol. The molecule has 0 amide bonds. The smallest absolute Gasteiger partial charge is 0.356 e. The maximum absolute atomic E-state index is 12.4. The van der Waals surface area contributed by atoms with Crippen LogP contribution in [0.25, 0.3) is 0 Å². The Balaban J connectivity index is 0.00000420. The number of nitrogens with zero attached hydrogens (tertiary/aromatic N) is 3. The highest BCUT2D eigenvalue weighted by molar-refractivity contribution is 14.0.